The maximum atomic E-state index is 2.44. The molecule has 0 nitrogen and oxygen atoms in total. The second kappa shape index (κ2) is 14.4. The molecule has 0 saturated heterocycles. The minimum Gasteiger partial charge on any atom is -0.135 e. The molecule has 0 spiro atoms. The Hall–Kier alpha value is -7.84. The molecule has 0 amide bonds. The number of thiophene rings is 1. The van der Waals surface area contributed by atoms with Crippen LogP contribution in [0.4, 0.5) is 0 Å². The Morgan fingerprint density at radius 2 is 0.603 bits per heavy atom. The minimum atomic E-state index is 1.23. The first kappa shape index (κ1) is 35.9. The summed E-state index contributed by atoms with van der Waals surface area (Å²) in [5.74, 6) is 0. The lowest BCUT2D eigenvalue weighted by Gasteiger charge is -2.18. The van der Waals surface area contributed by atoms with Gasteiger partial charge in [-0.2, -0.15) is 0 Å². The lowest BCUT2D eigenvalue weighted by Crippen LogP contribution is -1.91. The van der Waals surface area contributed by atoms with Crippen LogP contribution in [-0.4, -0.2) is 0 Å². The van der Waals surface area contributed by atoms with Gasteiger partial charge in [-0.1, -0.05) is 212 Å². The lowest BCUT2D eigenvalue weighted by molar-refractivity contribution is 1.63. The fraction of sp³-hybridized carbons (Fsp3) is 0. The molecule has 0 fully saturated rings. The quantitative estimate of drug-likeness (QED) is 0.152. The number of rotatable bonds is 5. The van der Waals surface area contributed by atoms with Gasteiger partial charge in [0, 0.05) is 20.2 Å². The van der Waals surface area contributed by atoms with Crippen molar-refractivity contribution in [3.8, 4) is 55.6 Å². The second-order valence-electron chi connectivity index (χ2n) is 16.7. The summed E-state index contributed by atoms with van der Waals surface area (Å²) in [4.78, 5) is 0. The van der Waals surface area contributed by atoms with Gasteiger partial charge < -0.3 is 0 Å². The molecular weight excluding hydrogens is 777 g/mol. The van der Waals surface area contributed by atoms with Gasteiger partial charge in [-0.25, -0.2) is 0 Å². The van der Waals surface area contributed by atoms with E-state index in [1.807, 2.05) is 11.3 Å². The van der Waals surface area contributed by atoms with Gasteiger partial charge in [-0.3, -0.25) is 0 Å². The Labute approximate surface area is 369 Å². The molecule has 0 unspecified atom stereocenters. The van der Waals surface area contributed by atoms with E-state index in [1.165, 1.54) is 130 Å². The Morgan fingerprint density at radius 3 is 1.16 bits per heavy atom. The smallest absolute Gasteiger partial charge is 0.0361 e. The zero-order chi connectivity index (χ0) is 41.4. The van der Waals surface area contributed by atoms with Gasteiger partial charge in [0.2, 0.25) is 0 Å². The van der Waals surface area contributed by atoms with Crippen LogP contribution in [0.1, 0.15) is 0 Å². The van der Waals surface area contributed by atoms with E-state index in [4.69, 9.17) is 0 Å². The van der Waals surface area contributed by atoms with Crippen LogP contribution in [0.15, 0.2) is 231 Å². The van der Waals surface area contributed by atoms with Crippen molar-refractivity contribution < 1.29 is 0 Å². The molecule has 13 rings (SSSR count). The summed E-state index contributed by atoms with van der Waals surface area (Å²) in [7, 11) is 0. The number of hydrogen-bond acceptors (Lipinski definition) is 1. The maximum absolute atomic E-state index is 2.44. The van der Waals surface area contributed by atoms with E-state index in [-0.39, 0.29) is 0 Å². The predicted octanol–water partition coefficient (Wildman–Crippen LogP) is 18.2. The normalized spacial score (nSPS) is 11.8. The molecule has 0 aliphatic rings. The maximum Gasteiger partial charge on any atom is 0.0361 e. The first-order valence-corrected chi connectivity index (χ1v) is 22.6. The Kier molecular flexibility index (Phi) is 8.19. The van der Waals surface area contributed by atoms with Crippen molar-refractivity contribution in [2.75, 3.05) is 0 Å². The topological polar surface area (TPSA) is 0 Å². The molecule has 0 N–H and O–H groups in total. The highest BCUT2D eigenvalue weighted by Gasteiger charge is 2.20. The molecule has 292 valence electrons. The molecule has 0 atom stereocenters. The van der Waals surface area contributed by atoms with E-state index >= 15 is 0 Å². The number of benzene rings is 12. The van der Waals surface area contributed by atoms with Crippen LogP contribution in [-0.2, 0) is 0 Å². The van der Waals surface area contributed by atoms with Gasteiger partial charge >= 0.3 is 0 Å². The van der Waals surface area contributed by atoms with Crippen molar-refractivity contribution in [1.82, 2.24) is 0 Å². The van der Waals surface area contributed by atoms with Crippen molar-refractivity contribution in [3.63, 3.8) is 0 Å². The molecule has 0 aliphatic heterocycles. The van der Waals surface area contributed by atoms with Gasteiger partial charge in [-0.15, -0.1) is 11.3 Å². The van der Waals surface area contributed by atoms with E-state index in [1.54, 1.807) is 0 Å². The highest BCUT2D eigenvalue weighted by Crippen LogP contribution is 2.48. The Balaban J connectivity index is 0.959. The van der Waals surface area contributed by atoms with E-state index in [0.29, 0.717) is 0 Å². The van der Waals surface area contributed by atoms with Gasteiger partial charge in [0.05, 0.1) is 0 Å². The number of fused-ring (bicyclic) bond motifs is 8. The average molecular weight is 815 g/mol. The van der Waals surface area contributed by atoms with E-state index in [9.17, 15) is 0 Å². The summed E-state index contributed by atoms with van der Waals surface area (Å²) in [6, 6.07) is 85.4. The molecule has 12 aromatic carbocycles. The van der Waals surface area contributed by atoms with Crippen LogP contribution in [0.5, 0.6) is 0 Å². The predicted molar refractivity (Wildman–Crippen MR) is 274 cm³/mol. The third-order valence-electron chi connectivity index (χ3n) is 13.2. The van der Waals surface area contributed by atoms with Gasteiger partial charge in [0.15, 0.2) is 0 Å². The largest absolute Gasteiger partial charge is 0.135 e. The molecule has 1 heteroatoms. The molecule has 13 aromatic rings. The van der Waals surface area contributed by atoms with Crippen LogP contribution >= 0.6 is 11.3 Å². The summed E-state index contributed by atoms with van der Waals surface area (Å²) in [5.41, 5.74) is 12.6. The Bertz CT molecular complexity index is 3830. The van der Waals surface area contributed by atoms with Crippen molar-refractivity contribution in [2.24, 2.45) is 0 Å². The summed E-state index contributed by atoms with van der Waals surface area (Å²) < 4.78 is 2.61. The molecule has 0 radical (unpaired) electrons. The third kappa shape index (κ3) is 5.67. The average Bonchev–Trinajstić information content (AvgIpc) is 3.72. The van der Waals surface area contributed by atoms with Gasteiger partial charge in [-0.05, 0) is 128 Å². The highest BCUT2D eigenvalue weighted by atomic mass is 32.1. The fourth-order valence-electron chi connectivity index (χ4n) is 10.5. The van der Waals surface area contributed by atoms with E-state index in [0.717, 1.165) is 0 Å². The third-order valence-corrected chi connectivity index (χ3v) is 14.4. The molecule has 1 aromatic heterocycles. The summed E-state index contributed by atoms with van der Waals surface area (Å²) in [6.07, 6.45) is 0. The molecule has 0 saturated carbocycles. The lowest BCUT2D eigenvalue weighted by atomic mass is 9.85. The molecule has 63 heavy (non-hydrogen) atoms. The highest BCUT2D eigenvalue weighted by molar-refractivity contribution is 7.25. The van der Waals surface area contributed by atoms with Crippen LogP contribution in [0, 0.1) is 0 Å². The summed E-state index contributed by atoms with van der Waals surface area (Å²) >= 11 is 1.89. The van der Waals surface area contributed by atoms with Crippen LogP contribution in [0.2, 0.25) is 0 Å². The summed E-state index contributed by atoms with van der Waals surface area (Å²) in [6.45, 7) is 0. The van der Waals surface area contributed by atoms with Crippen molar-refractivity contribution >= 4 is 85.4 Å². The first-order valence-electron chi connectivity index (χ1n) is 21.7. The zero-order valence-corrected chi connectivity index (χ0v) is 35.2. The van der Waals surface area contributed by atoms with Crippen molar-refractivity contribution in [3.05, 3.63) is 231 Å². The molecular formula is C62H38S. The second-order valence-corrected chi connectivity index (χ2v) is 17.8. The van der Waals surface area contributed by atoms with Crippen LogP contribution in [0.25, 0.3) is 130 Å². The molecule has 0 bridgehead atoms. The van der Waals surface area contributed by atoms with E-state index in [2.05, 4.69) is 231 Å². The first-order chi connectivity index (χ1) is 31.3. The molecule has 1 heterocycles. The standard InChI is InChI=1S/C62H38S/c1-2-16-41(17-3-1)59-48-20-6-12-26-54(48)62(55-27-13-7-21-49(55)59)44-33-35-47-56-37-43(34-36-57(56)63-58(47)38-44)61-52-24-10-8-22-50(52)60(51-23-9-11-25-53(51)61)42-31-29-40(30-32-42)46-28-14-18-39-15-4-5-19-45(39)46/h1-38H. The summed E-state index contributed by atoms with van der Waals surface area (Å²) in [5, 5.41) is 15.3. The SMILES string of the molecule is c1ccc(-c2c3ccccc3c(-c3ccc4c(c3)sc3ccc(-c5c6ccccc6c(-c6ccc(-c7cccc8ccccc78)cc6)c6ccccc56)cc34)c3ccccc23)cc1. The van der Waals surface area contributed by atoms with E-state index < -0.39 is 0 Å². The van der Waals surface area contributed by atoms with Crippen LogP contribution in [0.3, 0.4) is 0 Å². The van der Waals surface area contributed by atoms with Gasteiger partial charge in [0.1, 0.15) is 0 Å². The fourth-order valence-corrected chi connectivity index (χ4v) is 11.6. The minimum absolute atomic E-state index is 1.23. The van der Waals surface area contributed by atoms with Crippen molar-refractivity contribution in [1.29, 1.82) is 0 Å². The number of hydrogen-bond donors (Lipinski definition) is 0. The van der Waals surface area contributed by atoms with Crippen molar-refractivity contribution in [2.45, 2.75) is 0 Å². The van der Waals surface area contributed by atoms with Crippen LogP contribution < -0.4 is 0 Å². The molecule has 0 aliphatic carbocycles. The van der Waals surface area contributed by atoms with Gasteiger partial charge in [0.25, 0.3) is 0 Å². The monoisotopic (exact) mass is 814 g/mol. The zero-order valence-electron chi connectivity index (χ0n) is 34.3. The Morgan fingerprint density at radius 1 is 0.206 bits per heavy atom.